The van der Waals surface area contributed by atoms with Gasteiger partial charge in [0.15, 0.2) is 0 Å². The lowest BCUT2D eigenvalue weighted by Gasteiger charge is -2.21. The van der Waals surface area contributed by atoms with Crippen LogP contribution in [0.15, 0.2) is 72.5 Å². The van der Waals surface area contributed by atoms with Gasteiger partial charge in [0, 0.05) is 42.6 Å². The maximum absolute atomic E-state index is 13.3. The molecule has 212 valence electrons. The molecule has 0 spiro atoms. The Morgan fingerprint density at radius 2 is 1.60 bits per heavy atom. The number of carbonyl (C=O) groups is 3. The van der Waals surface area contributed by atoms with E-state index in [4.69, 9.17) is 4.74 Å². The lowest BCUT2D eigenvalue weighted by molar-refractivity contribution is 0.0857. The molecule has 0 radical (unpaired) electrons. The van der Waals surface area contributed by atoms with Gasteiger partial charge in [0.25, 0.3) is 17.7 Å². The first-order valence-electron chi connectivity index (χ1n) is 13.7. The standard InChI is InChI=1S/C33H41N3O4/c1-8-27(36-32(39)25-16-24(30(37)34-7)17-26(18-25)33(4,5)6)19-29(21(2)3)22-11-13-23(14-12-22)31(38)35-20-28-10-9-15-40-28/h8,11-14,16-19,28H,2,9-10,15,20H2,1,3-7H3,(H,34,37)(H,35,38)(H,36,39)/b27-8?,29-19+. The van der Waals surface area contributed by atoms with Gasteiger partial charge in [-0.25, -0.2) is 0 Å². The predicted molar refractivity (Wildman–Crippen MR) is 160 cm³/mol. The Bertz CT molecular complexity index is 1320. The highest BCUT2D eigenvalue weighted by molar-refractivity contribution is 6.01. The van der Waals surface area contributed by atoms with Crippen molar-refractivity contribution in [1.82, 2.24) is 16.0 Å². The number of amides is 3. The molecule has 3 amide bonds. The van der Waals surface area contributed by atoms with Crippen molar-refractivity contribution in [3.63, 3.8) is 0 Å². The van der Waals surface area contributed by atoms with Crippen LogP contribution < -0.4 is 16.0 Å². The smallest absolute Gasteiger partial charge is 0.255 e. The molecule has 3 N–H and O–H groups in total. The highest BCUT2D eigenvalue weighted by atomic mass is 16.5. The maximum Gasteiger partial charge on any atom is 0.255 e. The minimum Gasteiger partial charge on any atom is -0.376 e. The molecule has 1 saturated heterocycles. The van der Waals surface area contributed by atoms with Gasteiger partial charge in [-0.2, -0.15) is 0 Å². The Kier molecular flexibility index (Phi) is 10.2. The van der Waals surface area contributed by atoms with Crippen LogP contribution in [0.3, 0.4) is 0 Å². The number of hydrogen-bond donors (Lipinski definition) is 3. The summed E-state index contributed by atoms with van der Waals surface area (Å²) >= 11 is 0. The second kappa shape index (κ2) is 13.4. The Balaban J connectivity index is 1.80. The van der Waals surface area contributed by atoms with Gasteiger partial charge < -0.3 is 20.7 Å². The van der Waals surface area contributed by atoms with Crippen LogP contribution in [0.1, 0.15) is 89.7 Å². The Labute approximate surface area is 237 Å². The molecule has 1 fully saturated rings. The third-order valence-electron chi connectivity index (χ3n) is 6.85. The lowest BCUT2D eigenvalue weighted by atomic mass is 9.85. The van der Waals surface area contributed by atoms with Crippen molar-refractivity contribution in [3.8, 4) is 0 Å². The number of allylic oxidation sites excluding steroid dienone is 4. The molecule has 2 aromatic carbocycles. The zero-order valence-corrected chi connectivity index (χ0v) is 24.4. The third kappa shape index (κ3) is 8.02. The molecule has 3 rings (SSSR count). The van der Waals surface area contributed by atoms with Crippen LogP contribution in [-0.4, -0.2) is 44.0 Å². The second-order valence-electron chi connectivity index (χ2n) is 11.1. The molecule has 1 heterocycles. The number of benzene rings is 2. The average molecular weight is 544 g/mol. The molecule has 1 atom stereocenters. The molecule has 2 aromatic rings. The summed E-state index contributed by atoms with van der Waals surface area (Å²) < 4.78 is 5.58. The van der Waals surface area contributed by atoms with Crippen LogP contribution in [0.5, 0.6) is 0 Å². The summed E-state index contributed by atoms with van der Waals surface area (Å²) in [5.74, 6) is -0.710. The fourth-order valence-corrected chi connectivity index (χ4v) is 4.39. The van der Waals surface area contributed by atoms with E-state index >= 15 is 0 Å². The van der Waals surface area contributed by atoms with E-state index in [9.17, 15) is 14.4 Å². The Morgan fingerprint density at radius 3 is 2.12 bits per heavy atom. The van der Waals surface area contributed by atoms with Crippen LogP contribution in [0.4, 0.5) is 0 Å². The van der Waals surface area contributed by atoms with Gasteiger partial charge in [0.1, 0.15) is 0 Å². The highest BCUT2D eigenvalue weighted by Gasteiger charge is 2.20. The van der Waals surface area contributed by atoms with Crippen LogP contribution in [-0.2, 0) is 10.2 Å². The zero-order valence-electron chi connectivity index (χ0n) is 24.4. The SMILES string of the molecule is C=C(C)/C(=C\C(=CC)NC(=O)c1cc(C(=O)NC)cc(C(C)(C)C)c1)c1ccc(C(=O)NCC2CCCO2)cc1. The van der Waals surface area contributed by atoms with Crippen LogP contribution >= 0.6 is 0 Å². The van der Waals surface area contributed by atoms with E-state index < -0.39 is 0 Å². The monoisotopic (exact) mass is 543 g/mol. The summed E-state index contributed by atoms with van der Waals surface area (Å²) in [6.07, 6.45) is 5.75. The lowest BCUT2D eigenvalue weighted by Crippen LogP contribution is -2.31. The minimum absolute atomic E-state index is 0.0852. The van der Waals surface area contributed by atoms with E-state index in [-0.39, 0.29) is 29.2 Å². The third-order valence-corrected chi connectivity index (χ3v) is 6.85. The van der Waals surface area contributed by atoms with Crippen molar-refractivity contribution in [2.24, 2.45) is 0 Å². The van der Waals surface area contributed by atoms with Gasteiger partial charge in [-0.15, -0.1) is 0 Å². The van der Waals surface area contributed by atoms with E-state index in [2.05, 4.69) is 22.5 Å². The number of rotatable bonds is 9. The van der Waals surface area contributed by atoms with Gasteiger partial charge in [0.2, 0.25) is 0 Å². The molecule has 1 aliphatic rings. The first-order valence-corrected chi connectivity index (χ1v) is 13.7. The molecule has 1 aliphatic heterocycles. The van der Waals surface area contributed by atoms with E-state index in [1.165, 1.54) is 0 Å². The molecule has 0 aliphatic carbocycles. The van der Waals surface area contributed by atoms with Crippen molar-refractivity contribution in [2.45, 2.75) is 59.0 Å². The van der Waals surface area contributed by atoms with Gasteiger partial charge >= 0.3 is 0 Å². The van der Waals surface area contributed by atoms with Crippen LogP contribution in [0.2, 0.25) is 0 Å². The van der Waals surface area contributed by atoms with E-state index in [0.29, 0.717) is 28.9 Å². The summed E-state index contributed by atoms with van der Waals surface area (Å²) in [4.78, 5) is 38.3. The molecule has 0 aromatic heterocycles. The van der Waals surface area contributed by atoms with Crippen LogP contribution in [0.25, 0.3) is 5.57 Å². The van der Waals surface area contributed by atoms with Crippen molar-refractivity contribution < 1.29 is 19.1 Å². The highest BCUT2D eigenvalue weighted by Crippen LogP contribution is 2.26. The largest absolute Gasteiger partial charge is 0.376 e. The first-order chi connectivity index (χ1) is 18.9. The predicted octanol–water partition coefficient (Wildman–Crippen LogP) is 5.55. The quantitative estimate of drug-likeness (QED) is 0.362. The zero-order chi connectivity index (χ0) is 29.4. The molecule has 7 heteroatoms. The average Bonchev–Trinajstić information content (AvgIpc) is 3.46. The molecule has 7 nitrogen and oxygen atoms in total. The minimum atomic E-state index is -0.320. The van der Waals surface area contributed by atoms with E-state index in [1.54, 1.807) is 31.3 Å². The first kappa shape index (κ1) is 30.6. The summed E-state index contributed by atoms with van der Waals surface area (Å²) in [5, 5.41) is 8.55. The van der Waals surface area contributed by atoms with E-state index in [1.807, 2.05) is 65.0 Å². The number of hydrogen-bond acceptors (Lipinski definition) is 4. The van der Waals surface area contributed by atoms with Gasteiger partial charge in [-0.3, -0.25) is 14.4 Å². The number of carbonyl (C=O) groups excluding carboxylic acids is 3. The fourth-order valence-electron chi connectivity index (χ4n) is 4.39. The number of nitrogens with one attached hydrogen (secondary N) is 3. The van der Waals surface area contributed by atoms with Crippen LogP contribution in [0, 0.1) is 0 Å². The molecule has 40 heavy (non-hydrogen) atoms. The second-order valence-corrected chi connectivity index (χ2v) is 11.1. The van der Waals surface area contributed by atoms with Gasteiger partial charge in [-0.05, 0) is 85.2 Å². The summed E-state index contributed by atoms with van der Waals surface area (Å²) in [6, 6.07) is 12.5. The molecule has 0 bridgehead atoms. The summed E-state index contributed by atoms with van der Waals surface area (Å²) in [6.45, 7) is 15.2. The van der Waals surface area contributed by atoms with Gasteiger partial charge in [-0.1, -0.05) is 51.1 Å². The molecule has 1 unspecified atom stereocenters. The summed E-state index contributed by atoms with van der Waals surface area (Å²) in [7, 11) is 1.57. The maximum atomic E-state index is 13.3. The fraction of sp³-hybridized carbons (Fsp3) is 0.364. The molecular weight excluding hydrogens is 502 g/mol. The molecular formula is C33H41N3O4. The van der Waals surface area contributed by atoms with Crippen molar-refractivity contribution in [2.75, 3.05) is 20.2 Å². The topological polar surface area (TPSA) is 96.5 Å². The van der Waals surface area contributed by atoms with Gasteiger partial charge in [0.05, 0.1) is 6.10 Å². The van der Waals surface area contributed by atoms with Crippen molar-refractivity contribution in [3.05, 3.63) is 100 Å². The molecule has 0 saturated carbocycles. The summed E-state index contributed by atoms with van der Waals surface area (Å²) in [5.41, 5.74) is 5.12. The van der Waals surface area contributed by atoms with Crippen molar-refractivity contribution in [1.29, 1.82) is 0 Å². The normalized spacial score (nSPS) is 15.9. The Morgan fingerprint density at radius 1 is 0.975 bits per heavy atom. The Hall–Kier alpha value is -3.97. The van der Waals surface area contributed by atoms with Crippen molar-refractivity contribution >= 4 is 23.3 Å². The number of ether oxygens (including phenoxy) is 1. The van der Waals surface area contributed by atoms with E-state index in [0.717, 1.165) is 41.7 Å².